The zero-order chi connectivity index (χ0) is 14.5. The van der Waals surface area contributed by atoms with Gasteiger partial charge in [-0.15, -0.1) is 0 Å². The number of nitrogens with zero attached hydrogens (tertiary/aromatic N) is 1. The van der Waals surface area contributed by atoms with E-state index < -0.39 is 11.7 Å². The molecule has 0 radical (unpaired) electrons. The van der Waals surface area contributed by atoms with Crippen molar-refractivity contribution in [2.45, 2.75) is 38.9 Å². The van der Waals surface area contributed by atoms with Crippen LogP contribution in [0.3, 0.4) is 0 Å². The zero-order valence-corrected chi connectivity index (χ0v) is 11.9. The first-order chi connectivity index (χ1) is 8.83. The van der Waals surface area contributed by atoms with Gasteiger partial charge in [-0.1, -0.05) is 25.1 Å². The Morgan fingerprint density at radius 1 is 1.32 bits per heavy atom. The molecule has 0 aromatic heterocycles. The highest BCUT2D eigenvalue weighted by Crippen LogP contribution is 2.20. The second kappa shape index (κ2) is 6.98. The minimum absolute atomic E-state index is 0.335. The van der Waals surface area contributed by atoms with E-state index in [1.165, 1.54) is 6.07 Å². The molecule has 108 valence electrons. The summed E-state index contributed by atoms with van der Waals surface area (Å²) in [4.78, 5) is 2.05. The van der Waals surface area contributed by atoms with Crippen molar-refractivity contribution >= 4 is 0 Å². The lowest BCUT2D eigenvalue weighted by atomic mass is 10.0. The zero-order valence-electron chi connectivity index (χ0n) is 11.9. The maximum absolute atomic E-state index is 13.5. The van der Waals surface area contributed by atoms with Gasteiger partial charge >= 0.3 is 0 Å². The highest BCUT2D eigenvalue weighted by atomic mass is 19.1. The Morgan fingerprint density at radius 2 is 1.95 bits per heavy atom. The molecule has 1 unspecified atom stereocenters. The highest BCUT2D eigenvalue weighted by Gasteiger charge is 2.19. The fraction of sp³-hybridized carbons (Fsp3) is 0.600. The predicted molar refractivity (Wildman–Crippen MR) is 74.4 cm³/mol. The summed E-state index contributed by atoms with van der Waals surface area (Å²) in [6.07, 6.45) is -0.359. The Labute approximate surface area is 114 Å². The molecule has 0 fully saturated rings. The number of hydrogen-bond acceptors (Lipinski definition) is 3. The number of rotatable bonds is 7. The molecule has 1 aromatic rings. The molecule has 19 heavy (non-hydrogen) atoms. The molecule has 4 heteroatoms. The van der Waals surface area contributed by atoms with E-state index in [4.69, 9.17) is 0 Å². The number of hydrogen-bond donors (Lipinski definition) is 2. The van der Waals surface area contributed by atoms with Crippen molar-refractivity contribution in [1.29, 1.82) is 0 Å². The van der Waals surface area contributed by atoms with Gasteiger partial charge in [-0.05, 0) is 32.9 Å². The largest absolute Gasteiger partial charge is 0.389 e. The van der Waals surface area contributed by atoms with Crippen LogP contribution in [-0.4, -0.2) is 40.3 Å². The van der Waals surface area contributed by atoms with Gasteiger partial charge in [-0.25, -0.2) is 4.39 Å². The van der Waals surface area contributed by atoms with Crippen molar-refractivity contribution in [1.82, 2.24) is 4.90 Å². The van der Waals surface area contributed by atoms with Crippen molar-refractivity contribution < 1.29 is 14.6 Å². The summed E-state index contributed by atoms with van der Waals surface area (Å²) in [5, 5.41) is 19.8. The molecule has 0 spiro atoms. The summed E-state index contributed by atoms with van der Waals surface area (Å²) in [7, 11) is 0. The Hall–Kier alpha value is -0.970. The summed E-state index contributed by atoms with van der Waals surface area (Å²) in [5.74, 6) is -0.375. The first kappa shape index (κ1) is 16.1. The predicted octanol–water partition coefficient (Wildman–Crippen LogP) is 2.34. The van der Waals surface area contributed by atoms with Crippen LogP contribution in [0.5, 0.6) is 0 Å². The van der Waals surface area contributed by atoms with E-state index in [2.05, 4.69) is 0 Å². The maximum Gasteiger partial charge on any atom is 0.128 e. The number of likely N-dealkylation sites (N-methyl/N-ethyl adjacent to an activating group) is 1. The summed E-state index contributed by atoms with van der Waals surface area (Å²) in [5.41, 5.74) is -0.430. The maximum atomic E-state index is 13.5. The molecular formula is C15H24FNO2. The van der Waals surface area contributed by atoms with Crippen LogP contribution >= 0.6 is 0 Å². The van der Waals surface area contributed by atoms with E-state index in [-0.39, 0.29) is 5.82 Å². The Balaban J connectivity index is 2.53. The molecule has 0 amide bonds. The van der Waals surface area contributed by atoms with E-state index in [0.29, 0.717) is 25.1 Å². The lowest BCUT2D eigenvalue weighted by Crippen LogP contribution is -2.39. The third kappa shape index (κ3) is 5.68. The quantitative estimate of drug-likeness (QED) is 0.798. The minimum Gasteiger partial charge on any atom is -0.389 e. The number of aliphatic hydroxyl groups excluding tert-OH is 1. The monoisotopic (exact) mass is 269 g/mol. The molecule has 0 saturated carbocycles. The van der Waals surface area contributed by atoms with Crippen LogP contribution in [0, 0.1) is 5.82 Å². The third-order valence-electron chi connectivity index (χ3n) is 3.04. The van der Waals surface area contributed by atoms with Gasteiger partial charge in [0, 0.05) is 18.7 Å². The summed E-state index contributed by atoms with van der Waals surface area (Å²) < 4.78 is 13.5. The molecule has 3 nitrogen and oxygen atoms in total. The standard InChI is InChI=1S/C15H24FNO2/c1-4-17(11-15(2,3)19)10-9-14(18)12-7-5-6-8-13(12)16/h5-8,14,18-19H,4,9-11H2,1-3H3. The fourth-order valence-corrected chi connectivity index (χ4v) is 2.10. The lowest BCUT2D eigenvalue weighted by molar-refractivity contribution is 0.0320. The van der Waals surface area contributed by atoms with Gasteiger partial charge in [0.05, 0.1) is 11.7 Å². The number of halogens is 1. The fourth-order valence-electron chi connectivity index (χ4n) is 2.10. The minimum atomic E-state index is -0.808. The average molecular weight is 269 g/mol. The Bertz CT molecular complexity index is 390. The molecule has 2 N–H and O–H groups in total. The molecule has 1 aromatic carbocycles. The van der Waals surface area contributed by atoms with E-state index >= 15 is 0 Å². The van der Waals surface area contributed by atoms with Crippen molar-refractivity contribution in [3.05, 3.63) is 35.6 Å². The van der Waals surface area contributed by atoms with Gasteiger partial charge in [0.25, 0.3) is 0 Å². The van der Waals surface area contributed by atoms with Crippen molar-refractivity contribution in [3.8, 4) is 0 Å². The van der Waals surface area contributed by atoms with Crippen LogP contribution < -0.4 is 0 Å². The molecular weight excluding hydrogens is 245 g/mol. The third-order valence-corrected chi connectivity index (χ3v) is 3.04. The van der Waals surface area contributed by atoms with Gasteiger partial charge in [0.1, 0.15) is 5.82 Å². The van der Waals surface area contributed by atoms with Crippen LogP contribution in [0.2, 0.25) is 0 Å². The average Bonchev–Trinajstić information content (AvgIpc) is 2.33. The van der Waals surface area contributed by atoms with Crippen molar-refractivity contribution in [2.75, 3.05) is 19.6 Å². The molecule has 0 aliphatic rings. The number of benzene rings is 1. The van der Waals surface area contributed by atoms with E-state index in [0.717, 1.165) is 6.54 Å². The Morgan fingerprint density at radius 3 is 2.47 bits per heavy atom. The van der Waals surface area contributed by atoms with Crippen molar-refractivity contribution in [3.63, 3.8) is 0 Å². The van der Waals surface area contributed by atoms with Crippen LogP contribution in [0.25, 0.3) is 0 Å². The SMILES string of the molecule is CCN(CCC(O)c1ccccc1F)CC(C)(C)O. The topological polar surface area (TPSA) is 43.7 Å². The van der Waals surface area contributed by atoms with Crippen LogP contribution in [0.4, 0.5) is 4.39 Å². The summed E-state index contributed by atoms with van der Waals surface area (Å²) in [6, 6.07) is 6.29. The van der Waals surface area contributed by atoms with Gasteiger partial charge in [0.2, 0.25) is 0 Å². The molecule has 0 heterocycles. The molecule has 0 aliphatic carbocycles. The van der Waals surface area contributed by atoms with Gasteiger partial charge < -0.3 is 15.1 Å². The molecule has 1 rings (SSSR count). The van der Waals surface area contributed by atoms with Gasteiger partial charge in [-0.3, -0.25) is 0 Å². The molecule has 0 aliphatic heterocycles. The van der Waals surface area contributed by atoms with Crippen LogP contribution in [0.1, 0.15) is 38.9 Å². The van der Waals surface area contributed by atoms with E-state index in [9.17, 15) is 14.6 Å². The van der Waals surface area contributed by atoms with Gasteiger partial charge in [-0.2, -0.15) is 0 Å². The smallest absolute Gasteiger partial charge is 0.128 e. The lowest BCUT2D eigenvalue weighted by Gasteiger charge is -2.28. The first-order valence-corrected chi connectivity index (χ1v) is 6.70. The normalized spacial score (nSPS) is 13.8. The second-order valence-electron chi connectivity index (χ2n) is 5.51. The van der Waals surface area contributed by atoms with E-state index in [1.54, 1.807) is 32.0 Å². The molecule has 0 bridgehead atoms. The molecule has 0 saturated heterocycles. The molecule has 1 atom stereocenters. The number of aliphatic hydroxyl groups is 2. The van der Waals surface area contributed by atoms with Gasteiger partial charge in [0.15, 0.2) is 0 Å². The van der Waals surface area contributed by atoms with Crippen molar-refractivity contribution in [2.24, 2.45) is 0 Å². The van der Waals surface area contributed by atoms with Crippen LogP contribution in [-0.2, 0) is 0 Å². The van der Waals surface area contributed by atoms with E-state index in [1.807, 2.05) is 11.8 Å². The summed E-state index contributed by atoms with van der Waals surface area (Å²) >= 11 is 0. The summed E-state index contributed by atoms with van der Waals surface area (Å²) in [6.45, 7) is 7.45. The van der Waals surface area contributed by atoms with Crippen LogP contribution in [0.15, 0.2) is 24.3 Å². The first-order valence-electron chi connectivity index (χ1n) is 6.70. The highest BCUT2D eigenvalue weighted by molar-refractivity contribution is 5.19. The second-order valence-corrected chi connectivity index (χ2v) is 5.51. The Kier molecular flexibility index (Phi) is 5.91.